The summed E-state index contributed by atoms with van der Waals surface area (Å²) in [6, 6.07) is 14.7. The second kappa shape index (κ2) is 14.1. The Hall–Kier alpha value is -5.15. The number of ether oxygens (including phenoxy) is 3. The van der Waals surface area contributed by atoms with Crippen molar-refractivity contribution in [3.63, 3.8) is 0 Å². The Morgan fingerprint density at radius 3 is 2.34 bits per heavy atom. The molecule has 242 valence electrons. The van der Waals surface area contributed by atoms with E-state index in [9.17, 15) is 29.8 Å². The van der Waals surface area contributed by atoms with Crippen molar-refractivity contribution in [2.75, 3.05) is 13.2 Å². The van der Waals surface area contributed by atoms with Crippen LogP contribution in [0.1, 0.15) is 43.5 Å². The third-order valence-corrected chi connectivity index (χ3v) is 8.67. The van der Waals surface area contributed by atoms with Gasteiger partial charge >= 0.3 is 11.7 Å². The topological polar surface area (TPSA) is 165 Å². The maximum absolute atomic E-state index is 14.0. The lowest BCUT2D eigenvalue weighted by Gasteiger charge is -2.24. The Kier molecular flexibility index (Phi) is 9.96. The van der Waals surface area contributed by atoms with Crippen LogP contribution in [0, 0.1) is 20.2 Å². The van der Waals surface area contributed by atoms with Gasteiger partial charge in [0.05, 0.1) is 49.4 Å². The number of allylic oxidation sites excluding steroid dienone is 1. The molecule has 1 aliphatic rings. The predicted molar refractivity (Wildman–Crippen MR) is 176 cm³/mol. The zero-order valence-electron chi connectivity index (χ0n) is 25.3. The fourth-order valence-electron chi connectivity index (χ4n) is 5.00. The van der Waals surface area contributed by atoms with Gasteiger partial charge in [0.2, 0.25) is 5.75 Å². The molecular weight excluding hydrogens is 696 g/mol. The summed E-state index contributed by atoms with van der Waals surface area (Å²) >= 11 is 4.44. The fourth-order valence-corrected chi connectivity index (χ4v) is 6.63. The minimum Gasteiger partial charge on any atom is -0.494 e. The number of fused-ring (bicyclic) bond motifs is 1. The van der Waals surface area contributed by atoms with E-state index in [0.717, 1.165) is 11.3 Å². The first kappa shape index (κ1) is 33.2. The predicted octanol–water partition coefficient (Wildman–Crippen LogP) is 5.35. The molecule has 0 fully saturated rings. The quantitative estimate of drug-likeness (QED) is 0.113. The van der Waals surface area contributed by atoms with Crippen molar-refractivity contribution in [1.29, 1.82) is 0 Å². The van der Waals surface area contributed by atoms with Crippen LogP contribution in [0.5, 0.6) is 11.5 Å². The molecule has 2 heterocycles. The number of nitro groups is 2. The average molecular weight is 724 g/mol. The van der Waals surface area contributed by atoms with E-state index in [2.05, 4.69) is 20.9 Å². The Morgan fingerprint density at radius 2 is 1.72 bits per heavy atom. The van der Waals surface area contributed by atoms with Crippen LogP contribution in [0.3, 0.4) is 0 Å². The van der Waals surface area contributed by atoms with Gasteiger partial charge in [-0.2, -0.15) is 0 Å². The Morgan fingerprint density at radius 1 is 1.02 bits per heavy atom. The van der Waals surface area contributed by atoms with Gasteiger partial charge in [-0.05, 0) is 89.8 Å². The first-order valence-electron chi connectivity index (χ1n) is 14.3. The van der Waals surface area contributed by atoms with Gasteiger partial charge in [0, 0.05) is 18.2 Å². The highest BCUT2D eigenvalue weighted by molar-refractivity contribution is 9.10. The molecule has 4 aromatic rings. The van der Waals surface area contributed by atoms with Crippen LogP contribution < -0.4 is 24.4 Å². The Balaban J connectivity index is 1.56. The van der Waals surface area contributed by atoms with Gasteiger partial charge in [-0.1, -0.05) is 23.5 Å². The Bertz CT molecular complexity index is 2090. The molecule has 0 amide bonds. The van der Waals surface area contributed by atoms with E-state index < -0.39 is 27.4 Å². The summed E-state index contributed by atoms with van der Waals surface area (Å²) in [4.78, 5) is 53.9. The number of thiazole rings is 1. The summed E-state index contributed by atoms with van der Waals surface area (Å²) in [5, 5.41) is 23.0. The summed E-state index contributed by atoms with van der Waals surface area (Å²) in [5.41, 5.74) is 1.30. The van der Waals surface area contributed by atoms with Crippen LogP contribution in [0.15, 0.2) is 86.2 Å². The molecule has 15 heteroatoms. The summed E-state index contributed by atoms with van der Waals surface area (Å²) in [6.45, 7) is 5.77. The molecule has 5 rings (SSSR count). The van der Waals surface area contributed by atoms with Crippen LogP contribution in [0.25, 0.3) is 6.08 Å². The molecule has 0 spiro atoms. The smallest absolute Gasteiger partial charge is 0.338 e. The highest BCUT2D eigenvalue weighted by atomic mass is 79.9. The molecule has 0 N–H and O–H groups in total. The largest absolute Gasteiger partial charge is 0.494 e. The van der Waals surface area contributed by atoms with E-state index >= 15 is 0 Å². The molecule has 0 radical (unpaired) electrons. The fraction of sp³-hybridized carbons (Fsp3) is 0.219. The first-order chi connectivity index (χ1) is 22.5. The van der Waals surface area contributed by atoms with Crippen molar-refractivity contribution in [1.82, 2.24) is 4.57 Å². The lowest BCUT2D eigenvalue weighted by molar-refractivity contribution is -0.386. The number of halogens is 1. The number of carbonyl (C=O) groups excluding carboxylic acids is 1. The van der Waals surface area contributed by atoms with Crippen molar-refractivity contribution >= 4 is 50.7 Å². The van der Waals surface area contributed by atoms with Gasteiger partial charge < -0.3 is 14.2 Å². The van der Waals surface area contributed by atoms with Gasteiger partial charge in [-0.3, -0.25) is 29.6 Å². The molecule has 1 atom stereocenters. The van der Waals surface area contributed by atoms with E-state index in [0.29, 0.717) is 39.5 Å². The molecule has 0 unspecified atom stereocenters. The number of carbonyl (C=O) groups is 1. The standard InChI is InChI=1S/C32H27BrN4O9S/c1-4-44-23-12-8-21(9-13-23)28-27(31(39)45-5-2)18(3)34-32-35(28)30(38)26(47-32)16-20-14-24(33)29(25(15-20)37(42)43)46-17-19-6-10-22(11-7-19)36(40)41/h6-16,28H,4-5,17H2,1-3H3/b26-16-/t28-/m1/s1. The molecule has 0 bridgehead atoms. The van der Waals surface area contributed by atoms with Gasteiger partial charge in [0.1, 0.15) is 12.4 Å². The number of nitrogens with zero attached hydrogens (tertiary/aromatic N) is 4. The Labute approximate surface area is 279 Å². The van der Waals surface area contributed by atoms with Crippen LogP contribution in [0.2, 0.25) is 0 Å². The van der Waals surface area contributed by atoms with Crippen molar-refractivity contribution in [2.45, 2.75) is 33.4 Å². The number of nitro benzene ring substituents is 2. The molecule has 1 aromatic heterocycles. The number of non-ortho nitro benzene ring substituents is 1. The average Bonchev–Trinajstić information content (AvgIpc) is 3.34. The van der Waals surface area contributed by atoms with Gasteiger partial charge in [-0.15, -0.1) is 0 Å². The zero-order valence-corrected chi connectivity index (χ0v) is 27.7. The van der Waals surface area contributed by atoms with E-state index in [1.54, 1.807) is 44.2 Å². The molecule has 1 aliphatic heterocycles. The lowest BCUT2D eigenvalue weighted by atomic mass is 9.96. The van der Waals surface area contributed by atoms with E-state index in [1.807, 2.05) is 6.92 Å². The highest BCUT2D eigenvalue weighted by Gasteiger charge is 2.33. The van der Waals surface area contributed by atoms with Gasteiger partial charge in [-0.25, -0.2) is 9.79 Å². The molecule has 0 saturated carbocycles. The van der Waals surface area contributed by atoms with Crippen LogP contribution in [-0.2, 0) is 16.1 Å². The van der Waals surface area contributed by atoms with Gasteiger partial charge in [0.15, 0.2) is 4.80 Å². The summed E-state index contributed by atoms with van der Waals surface area (Å²) < 4.78 is 18.6. The van der Waals surface area contributed by atoms with Crippen LogP contribution >= 0.6 is 27.3 Å². The number of benzene rings is 3. The van der Waals surface area contributed by atoms with E-state index in [1.165, 1.54) is 41.0 Å². The third kappa shape index (κ3) is 7.00. The molecule has 13 nitrogen and oxygen atoms in total. The zero-order chi connectivity index (χ0) is 33.8. The summed E-state index contributed by atoms with van der Waals surface area (Å²) in [7, 11) is 0. The highest BCUT2D eigenvalue weighted by Crippen LogP contribution is 2.37. The summed E-state index contributed by atoms with van der Waals surface area (Å²) in [5.74, 6) is -0.00247. The minimum absolute atomic E-state index is 0.0443. The third-order valence-electron chi connectivity index (χ3n) is 7.09. The molecule has 0 saturated heterocycles. The maximum atomic E-state index is 14.0. The second-order valence-corrected chi connectivity index (χ2v) is 12.0. The molecule has 0 aliphatic carbocycles. The lowest BCUT2D eigenvalue weighted by Crippen LogP contribution is -2.39. The minimum atomic E-state index is -0.834. The SMILES string of the molecule is CCOC(=O)C1=C(C)N=c2s/c(=C\c3cc(Br)c(OCc4ccc([N+](=O)[O-])cc4)c([N+](=O)[O-])c3)c(=O)n2[C@@H]1c1ccc(OCC)cc1. The summed E-state index contributed by atoms with van der Waals surface area (Å²) in [6.07, 6.45) is 1.51. The second-order valence-electron chi connectivity index (χ2n) is 10.1. The normalized spacial score (nSPS) is 14.3. The first-order valence-corrected chi connectivity index (χ1v) is 15.9. The van der Waals surface area contributed by atoms with E-state index in [4.69, 9.17) is 14.2 Å². The molecular formula is C32H27BrN4O9S. The van der Waals surface area contributed by atoms with Crippen molar-refractivity contribution in [3.8, 4) is 11.5 Å². The number of hydrogen-bond donors (Lipinski definition) is 0. The number of hydrogen-bond acceptors (Lipinski definition) is 11. The van der Waals surface area contributed by atoms with Gasteiger partial charge in [0.25, 0.3) is 11.2 Å². The van der Waals surface area contributed by atoms with E-state index in [-0.39, 0.29) is 44.9 Å². The van der Waals surface area contributed by atoms with Crippen molar-refractivity contribution in [2.24, 2.45) is 4.99 Å². The molecule has 47 heavy (non-hydrogen) atoms. The van der Waals surface area contributed by atoms with Crippen LogP contribution in [-0.4, -0.2) is 33.6 Å². The van der Waals surface area contributed by atoms with Crippen molar-refractivity contribution in [3.05, 3.63) is 133 Å². The number of esters is 1. The van der Waals surface area contributed by atoms with Crippen LogP contribution in [0.4, 0.5) is 11.4 Å². The maximum Gasteiger partial charge on any atom is 0.338 e. The number of rotatable bonds is 11. The number of aromatic nitrogens is 1. The monoisotopic (exact) mass is 722 g/mol. The molecule has 3 aromatic carbocycles. The van der Waals surface area contributed by atoms with Crippen molar-refractivity contribution < 1.29 is 28.9 Å².